The molecule has 0 bridgehead atoms. The van der Waals surface area contributed by atoms with Crippen LogP contribution in [-0.2, 0) is 19.4 Å². The van der Waals surface area contributed by atoms with E-state index in [0.717, 1.165) is 13.5 Å². The van der Waals surface area contributed by atoms with Gasteiger partial charge in [0.05, 0.1) is 12.0 Å². The highest BCUT2D eigenvalue weighted by Gasteiger charge is 2.40. The molecule has 0 radical (unpaired) electrons. The highest BCUT2D eigenvalue weighted by molar-refractivity contribution is 9.10. The molecule has 0 saturated carbocycles. The molecule has 2 aromatic rings. The van der Waals surface area contributed by atoms with E-state index in [1.165, 1.54) is 12.1 Å². The summed E-state index contributed by atoms with van der Waals surface area (Å²) in [5.41, 5.74) is 0. The minimum atomic E-state index is -4.06. The fourth-order valence-electron chi connectivity index (χ4n) is 1.54. The van der Waals surface area contributed by atoms with Gasteiger partial charge in [0.25, 0.3) is 0 Å². The summed E-state index contributed by atoms with van der Waals surface area (Å²) in [4.78, 5) is 11.7. The third kappa shape index (κ3) is 2.73. The lowest BCUT2D eigenvalue weighted by molar-refractivity contribution is -0.140. The normalized spacial score (nSPS) is 12.9. The molecule has 0 aliphatic heterocycles. The molecule has 20 heavy (non-hydrogen) atoms. The summed E-state index contributed by atoms with van der Waals surface area (Å²) in [7, 11) is -2.97. The van der Waals surface area contributed by atoms with Gasteiger partial charge >= 0.3 is 5.97 Å². The molecular formula is C11H9BrN2O5S. The van der Waals surface area contributed by atoms with E-state index in [-0.39, 0.29) is 10.8 Å². The first-order chi connectivity index (χ1) is 9.46. The van der Waals surface area contributed by atoms with Gasteiger partial charge in [-0.1, -0.05) is 22.0 Å². The standard InChI is InChI=1S/C11H9BrN2O5S/c1-18-11(15)9(10-14-13-6-19-10)20(16,17)8-4-2-3-7(12)5-8/h2-6,9H,1H3. The monoisotopic (exact) mass is 360 g/mol. The number of sulfone groups is 1. The Morgan fingerprint density at radius 2 is 2.20 bits per heavy atom. The maximum atomic E-state index is 12.5. The quantitative estimate of drug-likeness (QED) is 0.761. The van der Waals surface area contributed by atoms with Crippen molar-refractivity contribution < 1.29 is 22.4 Å². The minimum Gasteiger partial charge on any atom is -0.468 e. The largest absolute Gasteiger partial charge is 0.468 e. The van der Waals surface area contributed by atoms with E-state index < -0.39 is 21.1 Å². The number of carbonyl (C=O) groups is 1. The molecule has 0 aliphatic rings. The maximum absolute atomic E-state index is 12.5. The van der Waals surface area contributed by atoms with Crippen LogP contribution in [0, 0.1) is 0 Å². The van der Waals surface area contributed by atoms with Gasteiger partial charge in [-0.25, -0.2) is 8.42 Å². The molecule has 0 amide bonds. The van der Waals surface area contributed by atoms with Gasteiger partial charge < -0.3 is 9.15 Å². The topological polar surface area (TPSA) is 99.4 Å². The predicted molar refractivity (Wildman–Crippen MR) is 70.4 cm³/mol. The molecule has 9 heteroatoms. The van der Waals surface area contributed by atoms with Crippen LogP contribution in [-0.4, -0.2) is 31.7 Å². The average Bonchev–Trinajstić information content (AvgIpc) is 2.92. The van der Waals surface area contributed by atoms with Crippen LogP contribution in [0.1, 0.15) is 11.1 Å². The molecule has 0 N–H and O–H groups in total. The zero-order valence-corrected chi connectivity index (χ0v) is 12.6. The highest BCUT2D eigenvalue weighted by Crippen LogP contribution is 2.30. The molecule has 0 saturated heterocycles. The van der Waals surface area contributed by atoms with E-state index in [4.69, 9.17) is 4.42 Å². The summed E-state index contributed by atoms with van der Waals surface area (Å²) < 4.78 is 35.0. The first-order valence-electron chi connectivity index (χ1n) is 5.30. The van der Waals surface area contributed by atoms with E-state index in [9.17, 15) is 13.2 Å². The Bertz CT molecular complexity index is 714. The van der Waals surface area contributed by atoms with Gasteiger partial charge in [0, 0.05) is 4.47 Å². The van der Waals surface area contributed by atoms with Crippen molar-refractivity contribution >= 4 is 31.7 Å². The van der Waals surface area contributed by atoms with Gasteiger partial charge in [-0.2, -0.15) is 0 Å². The van der Waals surface area contributed by atoms with E-state index >= 15 is 0 Å². The third-order valence-corrected chi connectivity index (χ3v) is 4.87. The Labute approximate surface area is 123 Å². The van der Waals surface area contributed by atoms with Gasteiger partial charge in [0.1, 0.15) is 0 Å². The number of methoxy groups -OCH3 is 1. The van der Waals surface area contributed by atoms with Crippen molar-refractivity contribution in [1.29, 1.82) is 0 Å². The third-order valence-electron chi connectivity index (χ3n) is 2.45. The van der Waals surface area contributed by atoms with Crippen LogP contribution in [0.25, 0.3) is 0 Å². The highest BCUT2D eigenvalue weighted by atomic mass is 79.9. The van der Waals surface area contributed by atoms with E-state index in [1.54, 1.807) is 12.1 Å². The Kier molecular flexibility index (Phi) is 4.19. The molecule has 1 aromatic carbocycles. The van der Waals surface area contributed by atoms with Crippen LogP contribution >= 0.6 is 15.9 Å². The van der Waals surface area contributed by atoms with E-state index in [0.29, 0.717) is 4.47 Å². The van der Waals surface area contributed by atoms with Crippen molar-refractivity contribution in [2.75, 3.05) is 7.11 Å². The van der Waals surface area contributed by atoms with Gasteiger partial charge in [0.15, 0.2) is 0 Å². The lowest BCUT2D eigenvalue weighted by atomic mass is 10.4. The zero-order valence-electron chi connectivity index (χ0n) is 10.2. The zero-order chi connectivity index (χ0) is 14.8. The van der Waals surface area contributed by atoms with Crippen LogP contribution in [0.3, 0.4) is 0 Å². The van der Waals surface area contributed by atoms with Crippen LogP contribution in [0.4, 0.5) is 0 Å². The number of hydrogen-bond donors (Lipinski definition) is 0. The molecule has 0 fully saturated rings. The van der Waals surface area contributed by atoms with Crippen molar-refractivity contribution in [2.45, 2.75) is 10.1 Å². The summed E-state index contributed by atoms with van der Waals surface area (Å²) in [6.07, 6.45) is 0.946. The summed E-state index contributed by atoms with van der Waals surface area (Å²) in [6.45, 7) is 0. The molecule has 2 rings (SSSR count). The molecule has 7 nitrogen and oxygen atoms in total. The molecule has 106 valence electrons. The van der Waals surface area contributed by atoms with Crippen LogP contribution < -0.4 is 0 Å². The second-order valence-electron chi connectivity index (χ2n) is 3.68. The number of ether oxygens (including phenoxy) is 1. The van der Waals surface area contributed by atoms with Gasteiger partial charge in [-0.15, -0.1) is 10.2 Å². The van der Waals surface area contributed by atoms with Crippen molar-refractivity contribution in [3.63, 3.8) is 0 Å². The van der Waals surface area contributed by atoms with Crippen LogP contribution in [0.2, 0.25) is 0 Å². The first-order valence-corrected chi connectivity index (χ1v) is 7.64. The second kappa shape index (κ2) is 5.71. The van der Waals surface area contributed by atoms with Crippen LogP contribution in [0.5, 0.6) is 0 Å². The summed E-state index contributed by atoms with van der Waals surface area (Å²) >= 11 is 3.17. The smallest absolute Gasteiger partial charge is 0.334 e. The molecule has 0 spiro atoms. The molecular weight excluding hydrogens is 352 g/mol. The summed E-state index contributed by atoms with van der Waals surface area (Å²) in [5.74, 6) is -1.33. The fraction of sp³-hybridized carbons (Fsp3) is 0.182. The Hall–Kier alpha value is -1.74. The number of nitrogens with zero attached hydrogens (tertiary/aromatic N) is 2. The van der Waals surface area contributed by atoms with Crippen molar-refractivity contribution in [3.8, 4) is 0 Å². The molecule has 1 heterocycles. The molecule has 1 aromatic heterocycles. The van der Waals surface area contributed by atoms with Crippen LogP contribution in [0.15, 0.2) is 44.4 Å². The van der Waals surface area contributed by atoms with Gasteiger partial charge in [0.2, 0.25) is 27.4 Å². The van der Waals surface area contributed by atoms with Crippen molar-refractivity contribution in [2.24, 2.45) is 0 Å². The number of carbonyl (C=O) groups excluding carboxylic acids is 1. The number of esters is 1. The molecule has 0 aliphatic carbocycles. The lowest BCUT2D eigenvalue weighted by Crippen LogP contribution is -2.24. The Morgan fingerprint density at radius 3 is 2.75 bits per heavy atom. The van der Waals surface area contributed by atoms with Gasteiger partial charge in [-0.3, -0.25) is 4.79 Å². The lowest BCUT2D eigenvalue weighted by Gasteiger charge is -2.12. The van der Waals surface area contributed by atoms with E-state index in [2.05, 4.69) is 30.9 Å². The molecule has 1 atom stereocenters. The number of hydrogen-bond acceptors (Lipinski definition) is 7. The average molecular weight is 361 g/mol. The first kappa shape index (κ1) is 14.7. The Balaban J connectivity index is 2.56. The SMILES string of the molecule is COC(=O)C(c1nnco1)S(=O)(=O)c1cccc(Br)c1. The number of rotatable bonds is 4. The molecule has 1 unspecified atom stereocenters. The number of aromatic nitrogens is 2. The predicted octanol–water partition coefficient (Wildman–Crippen LogP) is 1.52. The van der Waals surface area contributed by atoms with Crippen molar-refractivity contribution in [3.05, 3.63) is 41.0 Å². The van der Waals surface area contributed by atoms with Gasteiger partial charge in [-0.05, 0) is 18.2 Å². The summed E-state index contributed by atoms with van der Waals surface area (Å²) in [6, 6.07) is 5.95. The number of benzene rings is 1. The van der Waals surface area contributed by atoms with Crippen molar-refractivity contribution in [1.82, 2.24) is 10.2 Å². The maximum Gasteiger partial charge on any atom is 0.334 e. The summed E-state index contributed by atoms with van der Waals surface area (Å²) in [5, 5.41) is 5.19. The fourth-order valence-corrected chi connectivity index (χ4v) is 3.64. The second-order valence-corrected chi connectivity index (χ2v) is 6.63. The minimum absolute atomic E-state index is 0.0551. The Morgan fingerprint density at radius 1 is 1.45 bits per heavy atom. The number of halogens is 1. The van der Waals surface area contributed by atoms with E-state index in [1.807, 2.05) is 0 Å².